The van der Waals surface area contributed by atoms with Crippen LogP contribution < -0.4 is 10.1 Å². The molecule has 2 heterocycles. The molecule has 1 amide bonds. The van der Waals surface area contributed by atoms with E-state index in [2.05, 4.69) is 10.3 Å². The highest BCUT2D eigenvalue weighted by Crippen LogP contribution is 2.40. The first-order valence-corrected chi connectivity index (χ1v) is 11.9. The van der Waals surface area contributed by atoms with Crippen molar-refractivity contribution in [2.75, 3.05) is 12.4 Å². The van der Waals surface area contributed by atoms with Crippen molar-refractivity contribution in [3.8, 4) is 16.9 Å². The molecule has 176 valence electrons. The number of carbonyl (C=O) groups is 1. The molecular formula is C28H23FN2O3S. The number of nitrogens with zero attached hydrogens (tertiary/aromatic N) is 1. The largest absolute Gasteiger partial charge is 0.496 e. The Kier molecular flexibility index (Phi) is 5.86. The number of rotatable bonds is 5. The first-order valence-electron chi connectivity index (χ1n) is 11.1. The van der Waals surface area contributed by atoms with Crippen LogP contribution in [0.15, 0.2) is 65.3 Å². The number of carbonyl (C=O) groups excluding carboxylic acids is 1. The summed E-state index contributed by atoms with van der Waals surface area (Å²) in [6.07, 6.45) is 3.22. The molecule has 5 nitrogen and oxygen atoms in total. The number of hydrogen-bond acceptors (Lipinski definition) is 5. The van der Waals surface area contributed by atoms with Crippen molar-refractivity contribution in [3.63, 3.8) is 0 Å². The van der Waals surface area contributed by atoms with E-state index in [1.165, 1.54) is 12.1 Å². The zero-order chi connectivity index (χ0) is 24.7. The van der Waals surface area contributed by atoms with Crippen molar-refractivity contribution in [2.24, 2.45) is 0 Å². The summed E-state index contributed by atoms with van der Waals surface area (Å²) < 4.78 is 26.1. The van der Waals surface area contributed by atoms with E-state index < -0.39 is 0 Å². The molecule has 5 rings (SSSR count). The van der Waals surface area contributed by atoms with Crippen LogP contribution in [0.4, 0.5) is 10.1 Å². The Morgan fingerprint density at radius 3 is 2.66 bits per heavy atom. The van der Waals surface area contributed by atoms with Gasteiger partial charge in [-0.2, -0.15) is 0 Å². The molecule has 2 aromatic heterocycles. The van der Waals surface area contributed by atoms with E-state index in [-0.39, 0.29) is 11.7 Å². The summed E-state index contributed by atoms with van der Waals surface area (Å²) in [5, 5.41) is 4.77. The summed E-state index contributed by atoms with van der Waals surface area (Å²) >= 11 is 1.62. The smallest absolute Gasteiger partial charge is 0.248 e. The average Bonchev–Trinajstić information content (AvgIpc) is 3.42. The van der Waals surface area contributed by atoms with E-state index in [1.807, 2.05) is 45.0 Å². The number of amides is 1. The number of anilines is 1. The van der Waals surface area contributed by atoms with Crippen LogP contribution in [-0.2, 0) is 4.79 Å². The Morgan fingerprint density at radius 2 is 1.91 bits per heavy atom. The summed E-state index contributed by atoms with van der Waals surface area (Å²) in [5.41, 5.74) is 6.26. The summed E-state index contributed by atoms with van der Waals surface area (Å²) in [7, 11) is 1.60. The van der Waals surface area contributed by atoms with Gasteiger partial charge in [0, 0.05) is 33.8 Å². The van der Waals surface area contributed by atoms with Crippen molar-refractivity contribution < 1.29 is 18.3 Å². The van der Waals surface area contributed by atoms with Crippen LogP contribution in [0.5, 0.6) is 5.75 Å². The fourth-order valence-corrected chi connectivity index (χ4v) is 5.11. The van der Waals surface area contributed by atoms with Gasteiger partial charge in [-0.3, -0.25) is 4.79 Å². The molecule has 0 radical (unpaired) electrons. The van der Waals surface area contributed by atoms with Gasteiger partial charge in [0.25, 0.3) is 0 Å². The number of aryl methyl sites for hydroxylation is 2. The molecule has 0 spiro atoms. The number of methoxy groups -OCH3 is 1. The maximum Gasteiger partial charge on any atom is 0.248 e. The van der Waals surface area contributed by atoms with E-state index in [1.54, 1.807) is 42.9 Å². The zero-order valence-corrected chi connectivity index (χ0v) is 20.5. The molecule has 0 bridgehead atoms. The van der Waals surface area contributed by atoms with Crippen LogP contribution in [0.3, 0.4) is 0 Å². The highest BCUT2D eigenvalue weighted by Gasteiger charge is 2.19. The first-order chi connectivity index (χ1) is 16.8. The molecule has 0 aliphatic heterocycles. The molecule has 0 saturated heterocycles. The highest BCUT2D eigenvalue weighted by molar-refractivity contribution is 7.18. The van der Waals surface area contributed by atoms with Gasteiger partial charge in [0.2, 0.25) is 5.91 Å². The van der Waals surface area contributed by atoms with Gasteiger partial charge in [-0.25, -0.2) is 9.37 Å². The van der Waals surface area contributed by atoms with Crippen LogP contribution in [0.2, 0.25) is 0 Å². The van der Waals surface area contributed by atoms with Crippen LogP contribution in [0.25, 0.3) is 37.9 Å². The topological polar surface area (TPSA) is 64.4 Å². The molecule has 0 fully saturated rings. The van der Waals surface area contributed by atoms with Crippen LogP contribution in [0.1, 0.15) is 23.1 Å². The standard InChI is InChI=1S/C28H23FN2O3S/c1-15(11-26(32)31-20-9-10-25-24(12-20)30-17(3)35-25)21-13-22-23(18-5-7-19(29)8-6-18)14-34-28(22)16(2)27(21)33-4/h5-14H,1-4H3,(H,31,32)/b15-11+. The second kappa shape index (κ2) is 9.00. The van der Waals surface area contributed by atoms with Gasteiger partial charge in [0.05, 0.1) is 28.6 Å². The Balaban J connectivity index is 1.51. The minimum atomic E-state index is -0.297. The van der Waals surface area contributed by atoms with Gasteiger partial charge in [-0.05, 0) is 68.3 Å². The summed E-state index contributed by atoms with van der Waals surface area (Å²) in [6, 6.07) is 13.9. The molecule has 0 aliphatic carbocycles. The van der Waals surface area contributed by atoms with Crippen molar-refractivity contribution in [1.29, 1.82) is 0 Å². The normalized spacial score (nSPS) is 11.9. The Bertz CT molecular complexity index is 1610. The number of furan rings is 1. The highest BCUT2D eigenvalue weighted by atomic mass is 32.1. The van der Waals surface area contributed by atoms with Crippen molar-refractivity contribution in [2.45, 2.75) is 20.8 Å². The predicted octanol–water partition coefficient (Wildman–Crippen LogP) is 7.52. The number of halogens is 1. The third kappa shape index (κ3) is 4.31. The number of thiazole rings is 1. The fraction of sp³-hybridized carbons (Fsp3) is 0.143. The Morgan fingerprint density at radius 1 is 1.14 bits per heavy atom. The quantitative estimate of drug-likeness (QED) is 0.261. The van der Waals surface area contributed by atoms with Crippen LogP contribution in [0, 0.1) is 19.7 Å². The molecule has 0 aliphatic rings. The molecule has 35 heavy (non-hydrogen) atoms. The van der Waals surface area contributed by atoms with Gasteiger partial charge in [0.15, 0.2) is 0 Å². The monoisotopic (exact) mass is 486 g/mol. The zero-order valence-electron chi connectivity index (χ0n) is 19.7. The van der Waals surface area contributed by atoms with E-state index >= 15 is 0 Å². The van der Waals surface area contributed by atoms with Gasteiger partial charge < -0.3 is 14.5 Å². The van der Waals surface area contributed by atoms with Crippen molar-refractivity contribution in [3.05, 3.63) is 82.8 Å². The maximum atomic E-state index is 13.4. The molecule has 0 unspecified atom stereocenters. The minimum Gasteiger partial charge on any atom is -0.496 e. The number of hydrogen-bond donors (Lipinski definition) is 1. The molecule has 5 aromatic rings. The SMILES string of the molecule is COc1c(/C(C)=C/C(=O)Nc2ccc3sc(C)nc3c2)cc2c(-c3ccc(F)cc3)coc2c1C. The van der Waals surface area contributed by atoms with E-state index in [4.69, 9.17) is 9.15 Å². The molecule has 0 saturated carbocycles. The lowest BCUT2D eigenvalue weighted by atomic mass is 9.96. The van der Waals surface area contributed by atoms with Gasteiger partial charge >= 0.3 is 0 Å². The predicted molar refractivity (Wildman–Crippen MR) is 140 cm³/mol. The lowest BCUT2D eigenvalue weighted by Gasteiger charge is -2.13. The Hall–Kier alpha value is -3.97. The van der Waals surface area contributed by atoms with Crippen LogP contribution >= 0.6 is 11.3 Å². The van der Waals surface area contributed by atoms with Gasteiger partial charge in [-0.1, -0.05) is 12.1 Å². The van der Waals surface area contributed by atoms with Crippen molar-refractivity contribution in [1.82, 2.24) is 4.98 Å². The number of nitrogens with one attached hydrogen (secondary N) is 1. The van der Waals surface area contributed by atoms with E-state index in [0.717, 1.165) is 48.4 Å². The summed E-state index contributed by atoms with van der Waals surface area (Å²) in [4.78, 5) is 17.3. The van der Waals surface area contributed by atoms with Crippen LogP contribution in [-0.4, -0.2) is 18.0 Å². The summed E-state index contributed by atoms with van der Waals surface area (Å²) in [5.74, 6) is 0.0897. The fourth-order valence-electron chi connectivity index (χ4n) is 4.30. The van der Waals surface area contributed by atoms with Gasteiger partial charge in [0.1, 0.15) is 17.1 Å². The number of aromatic nitrogens is 1. The Labute approximate surface area is 205 Å². The van der Waals surface area contributed by atoms with Gasteiger partial charge in [-0.15, -0.1) is 11.3 Å². The number of allylic oxidation sites excluding steroid dienone is 1. The third-order valence-electron chi connectivity index (χ3n) is 5.94. The maximum absolute atomic E-state index is 13.4. The lowest BCUT2D eigenvalue weighted by molar-refractivity contribution is -0.111. The number of benzene rings is 3. The number of fused-ring (bicyclic) bond motifs is 2. The minimum absolute atomic E-state index is 0.250. The molecule has 7 heteroatoms. The second-order valence-electron chi connectivity index (χ2n) is 8.35. The third-order valence-corrected chi connectivity index (χ3v) is 6.89. The average molecular weight is 487 g/mol. The van der Waals surface area contributed by atoms with E-state index in [9.17, 15) is 9.18 Å². The lowest BCUT2D eigenvalue weighted by Crippen LogP contribution is -2.08. The molecule has 3 aromatic carbocycles. The molecule has 0 atom stereocenters. The first kappa shape index (κ1) is 22.8. The molecule has 1 N–H and O–H groups in total. The number of ether oxygens (including phenoxy) is 1. The van der Waals surface area contributed by atoms with Crippen molar-refractivity contribution >= 4 is 49.7 Å². The molecular weight excluding hydrogens is 463 g/mol. The summed E-state index contributed by atoms with van der Waals surface area (Å²) in [6.45, 7) is 5.75. The second-order valence-corrected chi connectivity index (χ2v) is 9.58. The van der Waals surface area contributed by atoms with E-state index in [0.29, 0.717) is 17.0 Å².